The van der Waals surface area contributed by atoms with Crippen molar-refractivity contribution in [3.8, 4) is 0 Å². The molecule has 0 atom stereocenters. The van der Waals surface area contributed by atoms with E-state index in [1.807, 2.05) is 0 Å². The average Bonchev–Trinajstić information content (AvgIpc) is 3.09. The molecule has 0 aliphatic rings. The number of nitrogens with zero attached hydrogens (tertiary/aromatic N) is 3. The van der Waals surface area contributed by atoms with Gasteiger partial charge in [-0.3, -0.25) is 9.78 Å². The van der Waals surface area contributed by atoms with E-state index in [4.69, 9.17) is 9.26 Å². The minimum absolute atomic E-state index is 0.0194. The number of sulfonamides is 1. The molecule has 28 heavy (non-hydrogen) atoms. The second-order valence-corrected chi connectivity index (χ2v) is 7.96. The fourth-order valence-electron chi connectivity index (χ4n) is 2.70. The number of pyridine rings is 1. The summed E-state index contributed by atoms with van der Waals surface area (Å²) >= 11 is 0. The summed E-state index contributed by atoms with van der Waals surface area (Å²) < 4.78 is 37.6. The van der Waals surface area contributed by atoms with Gasteiger partial charge in [0.1, 0.15) is 5.76 Å². The lowest BCUT2D eigenvalue weighted by Gasteiger charge is -2.22. The number of amides is 1. The van der Waals surface area contributed by atoms with Crippen molar-refractivity contribution in [2.45, 2.75) is 11.8 Å². The largest absolute Gasteiger partial charge is 0.383 e. The van der Waals surface area contributed by atoms with Crippen molar-refractivity contribution in [1.82, 2.24) is 14.4 Å². The normalized spacial score (nSPS) is 11.8. The summed E-state index contributed by atoms with van der Waals surface area (Å²) in [6, 6.07) is 8.11. The molecule has 0 aliphatic heterocycles. The molecule has 1 N–H and O–H groups in total. The molecule has 148 valence electrons. The van der Waals surface area contributed by atoms with Crippen molar-refractivity contribution in [3.63, 3.8) is 0 Å². The first-order chi connectivity index (χ1) is 13.4. The van der Waals surface area contributed by atoms with E-state index in [2.05, 4.69) is 15.5 Å². The van der Waals surface area contributed by atoms with Gasteiger partial charge < -0.3 is 14.6 Å². The van der Waals surface area contributed by atoms with Crippen molar-refractivity contribution < 1.29 is 22.5 Å². The molecule has 3 rings (SSSR count). The van der Waals surface area contributed by atoms with Crippen molar-refractivity contribution in [3.05, 3.63) is 48.5 Å². The third-order valence-electron chi connectivity index (χ3n) is 4.02. The molecule has 2 heterocycles. The summed E-state index contributed by atoms with van der Waals surface area (Å²) in [4.78, 5) is 16.5. The van der Waals surface area contributed by atoms with Crippen LogP contribution in [0.1, 0.15) is 5.76 Å². The van der Waals surface area contributed by atoms with Crippen molar-refractivity contribution in [1.29, 1.82) is 0 Å². The fraction of sp³-hybridized carbons (Fsp3) is 0.278. The molecule has 1 aromatic carbocycles. The number of hydrogen-bond donors (Lipinski definition) is 1. The molecule has 0 saturated heterocycles. The highest BCUT2D eigenvalue weighted by molar-refractivity contribution is 7.89. The maximum absolute atomic E-state index is 13.3. The predicted octanol–water partition coefficient (Wildman–Crippen LogP) is 1.81. The molecule has 1 amide bonds. The standard InChI is InChI=1S/C18H20N4O5S/c1-13-10-17(21-27-13)20-18(23)12-22(8-9-26-2)28(24,25)16-5-3-4-14-11-19-7-6-15(14)16/h3-7,10-11H,8-9,12H2,1-2H3,(H,20,21,23). The number of nitrogens with one attached hydrogen (secondary N) is 1. The van der Waals surface area contributed by atoms with Crippen molar-refractivity contribution in [2.24, 2.45) is 0 Å². The first kappa shape index (κ1) is 19.9. The van der Waals surface area contributed by atoms with Gasteiger partial charge in [0.15, 0.2) is 5.82 Å². The van der Waals surface area contributed by atoms with Gasteiger partial charge in [0.2, 0.25) is 15.9 Å². The fourth-order valence-corrected chi connectivity index (χ4v) is 4.30. The number of methoxy groups -OCH3 is 1. The van der Waals surface area contributed by atoms with Gasteiger partial charge in [0.05, 0.1) is 18.0 Å². The number of carbonyl (C=O) groups is 1. The summed E-state index contributed by atoms with van der Waals surface area (Å²) in [5.41, 5.74) is 0. The zero-order valence-corrected chi connectivity index (χ0v) is 16.3. The molecule has 2 aromatic heterocycles. The van der Waals surface area contributed by atoms with E-state index in [1.54, 1.807) is 37.4 Å². The van der Waals surface area contributed by atoms with E-state index in [0.717, 1.165) is 4.31 Å². The molecular weight excluding hydrogens is 384 g/mol. The average molecular weight is 404 g/mol. The van der Waals surface area contributed by atoms with Crippen LogP contribution in [0.3, 0.4) is 0 Å². The molecule has 0 unspecified atom stereocenters. The van der Waals surface area contributed by atoms with Gasteiger partial charge in [-0.1, -0.05) is 17.3 Å². The van der Waals surface area contributed by atoms with E-state index in [1.165, 1.54) is 19.4 Å². The first-order valence-corrected chi connectivity index (χ1v) is 9.91. The second-order valence-electron chi connectivity index (χ2n) is 6.06. The monoisotopic (exact) mass is 404 g/mol. The molecule has 0 spiro atoms. The number of hydrogen-bond acceptors (Lipinski definition) is 7. The van der Waals surface area contributed by atoms with Gasteiger partial charge in [-0.05, 0) is 19.1 Å². The van der Waals surface area contributed by atoms with Gasteiger partial charge >= 0.3 is 0 Å². The number of anilines is 1. The second kappa shape index (κ2) is 8.46. The Balaban J connectivity index is 1.89. The van der Waals surface area contributed by atoms with Gasteiger partial charge in [0, 0.05) is 42.9 Å². The van der Waals surface area contributed by atoms with Crippen LogP contribution >= 0.6 is 0 Å². The zero-order chi connectivity index (χ0) is 20.1. The number of benzene rings is 1. The minimum atomic E-state index is -3.96. The summed E-state index contributed by atoms with van der Waals surface area (Å²) in [5, 5.41) is 7.44. The maximum Gasteiger partial charge on any atom is 0.244 e. The van der Waals surface area contributed by atoms with Gasteiger partial charge in [0.25, 0.3) is 0 Å². The third kappa shape index (κ3) is 4.35. The molecule has 0 bridgehead atoms. The number of aryl methyl sites for hydroxylation is 1. The number of rotatable bonds is 8. The molecule has 10 heteroatoms. The molecule has 0 saturated carbocycles. The van der Waals surface area contributed by atoms with Crippen LogP contribution in [-0.2, 0) is 19.6 Å². The van der Waals surface area contributed by atoms with Crippen LogP contribution in [0.4, 0.5) is 5.82 Å². The van der Waals surface area contributed by atoms with E-state index < -0.39 is 15.9 Å². The molecule has 9 nitrogen and oxygen atoms in total. The Kier molecular flexibility index (Phi) is 6.02. The minimum Gasteiger partial charge on any atom is -0.383 e. The van der Waals surface area contributed by atoms with E-state index in [9.17, 15) is 13.2 Å². The Hall–Kier alpha value is -2.82. The zero-order valence-electron chi connectivity index (χ0n) is 15.5. The summed E-state index contributed by atoms with van der Waals surface area (Å²) in [5.74, 6) is 0.223. The Morgan fingerprint density at radius 2 is 2.14 bits per heavy atom. The Labute approximate surface area is 162 Å². The maximum atomic E-state index is 13.3. The lowest BCUT2D eigenvalue weighted by Crippen LogP contribution is -2.40. The topological polar surface area (TPSA) is 115 Å². The smallest absolute Gasteiger partial charge is 0.244 e. The Morgan fingerprint density at radius 3 is 2.86 bits per heavy atom. The molecule has 0 aliphatic carbocycles. The first-order valence-electron chi connectivity index (χ1n) is 8.47. The third-order valence-corrected chi connectivity index (χ3v) is 5.92. The highest BCUT2D eigenvalue weighted by Gasteiger charge is 2.28. The summed E-state index contributed by atoms with van der Waals surface area (Å²) in [7, 11) is -2.50. The Bertz CT molecular complexity index is 1080. The lowest BCUT2D eigenvalue weighted by molar-refractivity contribution is -0.116. The SMILES string of the molecule is COCCN(CC(=O)Nc1cc(C)on1)S(=O)(=O)c1cccc2cnccc12. The summed E-state index contributed by atoms with van der Waals surface area (Å²) in [6.45, 7) is 1.46. The van der Waals surface area contributed by atoms with Crippen molar-refractivity contribution >= 4 is 32.5 Å². The highest BCUT2D eigenvalue weighted by atomic mass is 32.2. The quantitative estimate of drug-likeness (QED) is 0.609. The predicted molar refractivity (Wildman–Crippen MR) is 102 cm³/mol. The molecule has 0 fully saturated rings. The molecule has 0 radical (unpaired) electrons. The Morgan fingerprint density at radius 1 is 1.32 bits per heavy atom. The van der Waals surface area contributed by atoms with Crippen molar-refractivity contribution in [2.75, 3.05) is 32.1 Å². The molecular formula is C18H20N4O5S. The van der Waals surface area contributed by atoms with Crippen LogP contribution < -0.4 is 5.32 Å². The number of aromatic nitrogens is 2. The van der Waals surface area contributed by atoms with Gasteiger partial charge in [-0.2, -0.15) is 4.31 Å². The van der Waals surface area contributed by atoms with Crippen LogP contribution in [0.15, 0.2) is 52.1 Å². The lowest BCUT2D eigenvalue weighted by atomic mass is 10.2. The molecule has 3 aromatic rings. The van der Waals surface area contributed by atoms with E-state index in [0.29, 0.717) is 16.5 Å². The van der Waals surface area contributed by atoms with Crippen LogP contribution in [-0.4, -0.2) is 55.6 Å². The van der Waals surface area contributed by atoms with Crippen LogP contribution in [0.25, 0.3) is 10.8 Å². The highest BCUT2D eigenvalue weighted by Crippen LogP contribution is 2.25. The van der Waals surface area contributed by atoms with Gasteiger partial charge in [-0.25, -0.2) is 8.42 Å². The van der Waals surface area contributed by atoms with Gasteiger partial charge in [-0.15, -0.1) is 0 Å². The van der Waals surface area contributed by atoms with Crippen LogP contribution in [0, 0.1) is 6.92 Å². The number of ether oxygens (including phenoxy) is 1. The van der Waals surface area contributed by atoms with Crippen LogP contribution in [0.5, 0.6) is 0 Å². The summed E-state index contributed by atoms with van der Waals surface area (Å²) in [6.07, 6.45) is 3.12. The van der Waals surface area contributed by atoms with E-state index in [-0.39, 0.29) is 30.4 Å². The van der Waals surface area contributed by atoms with E-state index >= 15 is 0 Å². The van der Waals surface area contributed by atoms with Crippen LogP contribution in [0.2, 0.25) is 0 Å². The number of carbonyl (C=O) groups excluding carboxylic acids is 1. The number of fused-ring (bicyclic) bond motifs is 1.